The third-order valence-corrected chi connectivity index (χ3v) is 3.71. The second-order valence-corrected chi connectivity index (χ2v) is 5.50. The van der Waals surface area contributed by atoms with Crippen LogP contribution in [0.2, 0.25) is 0 Å². The highest BCUT2D eigenvalue weighted by molar-refractivity contribution is 7.87. The maximum atomic E-state index is 12.1. The van der Waals surface area contributed by atoms with E-state index >= 15 is 0 Å². The van der Waals surface area contributed by atoms with Crippen molar-refractivity contribution in [3.63, 3.8) is 0 Å². The maximum absolute atomic E-state index is 12.1. The molecule has 2 rings (SSSR count). The molecule has 1 N–H and O–H groups in total. The Kier molecular flexibility index (Phi) is 4.42. The van der Waals surface area contributed by atoms with Crippen LogP contribution in [-0.4, -0.2) is 15.0 Å². The van der Waals surface area contributed by atoms with Crippen molar-refractivity contribution in [3.05, 3.63) is 67.3 Å². The lowest BCUT2D eigenvalue weighted by Gasteiger charge is -2.08. The largest absolute Gasteiger partial charge is 0.381 e. The molecule has 0 saturated carbocycles. The van der Waals surface area contributed by atoms with Crippen LogP contribution < -0.4 is 9.50 Å². The summed E-state index contributed by atoms with van der Waals surface area (Å²) in [4.78, 5) is 0.119. The Bertz CT molecular complexity index is 681. The van der Waals surface area contributed by atoms with Crippen LogP contribution in [0.5, 0.6) is 5.75 Å². The summed E-state index contributed by atoms with van der Waals surface area (Å²) < 4.78 is 29.2. The molecule has 4 nitrogen and oxygen atoms in total. The molecule has 1 radical (unpaired) electrons. The summed E-state index contributed by atoms with van der Waals surface area (Å²) in [6.45, 7) is 4.15. The van der Waals surface area contributed by atoms with Crippen molar-refractivity contribution < 1.29 is 12.6 Å². The Hall–Kier alpha value is -2.27. The molecule has 2 aromatic carbocycles. The van der Waals surface area contributed by atoms with Crippen molar-refractivity contribution in [1.82, 2.24) is 0 Å². The lowest BCUT2D eigenvalue weighted by Crippen LogP contribution is -2.09. The predicted molar refractivity (Wildman–Crippen MR) is 78.2 cm³/mol. The molecule has 0 heterocycles. The first kappa shape index (κ1) is 14.1. The number of rotatable bonds is 6. The van der Waals surface area contributed by atoms with Gasteiger partial charge in [0.2, 0.25) is 0 Å². The zero-order chi connectivity index (χ0) is 14.4. The molecule has 0 aliphatic heterocycles. The van der Waals surface area contributed by atoms with Crippen LogP contribution in [-0.2, 0) is 10.1 Å². The van der Waals surface area contributed by atoms with E-state index in [4.69, 9.17) is 4.18 Å². The van der Waals surface area contributed by atoms with Crippen LogP contribution in [0.1, 0.15) is 0 Å². The predicted octanol–water partition coefficient (Wildman–Crippen LogP) is 2.85. The van der Waals surface area contributed by atoms with Gasteiger partial charge >= 0.3 is 10.1 Å². The maximum Gasteiger partial charge on any atom is 0.339 e. The van der Waals surface area contributed by atoms with Gasteiger partial charge in [-0.1, -0.05) is 24.3 Å². The minimum absolute atomic E-state index is 0.119. The highest BCUT2D eigenvalue weighted by atomic mass is 32.2. The fraction of sp³-hybridized carbons (Fsp3) is 0.0667. The van der Waals surface area contributed by atoms with Gasteiger partial charge in [-0.25, -0.2) is 0 Å². The van der Waals surface area contributed by atoms with Gasteiger partial charge in [-0.15, -0.1) is 6.58 Å². The molecule has 103 valence electrons. The summed E-state index contributed by atoms with van der Waals surface area (Å²) in [5.74, 6) is 0.235. The molecule has 0 aromatic heterocycles. The van der Waals surface area contributed by atoms with Gasteiger partial charge < -0.3 is 9.50 Å². The Morgan fingerprint density at radius 3 is 2.70 bits per heavy atom. The van der Waals surface area contributed by atoms with E-state index in [1.165, 1.54) is 12.1 Å². The molecule has 0 aliphatic rings. The quantitative estimate of drug-likeness (QED) is 0.656. The Morgan fingerprint density at radius 2 is 2.00 bits per heavy atom. The standard InChI is InChI=1S/C15H14NO3S/c1-2-11-16-13-7-6-8-14(12-13)19-20(17,18)15-9-4-3-5-10-15/h2-6,8-10,12,16H,1,11H2. The fourth-order valence-electron chi connectivity index (χ4n) is 1.54. The van der Waals surface area contributed by atoms with Crippen molar-refractivity contribution in [2.75, 3.05) is 11.9 Å². The number of anilines is 1. The Balaban J connectivity index is 2.19. The summed E-state index contributed by atoms with van der Waals surface area (Å²) in [6, 6.07) is 15.7. The van der Waals surface area contributed by atoms with Crippen molar-refractivity contribution in [3.8, 4) is 5.75 Å². The number of nitrogens with one attached hydrogen (secondary N) is 1. The monoisotopic (exact) mass is 288 g/mol. The minimum atomic E-state index is -3.81. The van der Waals surface area contributed by atoms with Crippen LogP contribution in [0.15, 0.2) is 66.1 Å². The molecule has 0 bridgehead atoms. The van der Waals surface area contributed by atoms with Crippen LogP contribution in [0.4, 0.5) is 5.69 Å². The van der Waals surface area contributed by atoms with E-state index in [-0.39, 0.29) is 10.6 Å². The topological polar surface area (TPSA) is 55.4 Å². The summed E-state index contributed by atoms with van der Waals surface area (Å²) in [5, 5.41) is 3.01. The molecule has 0 unspecified atom stereocenters. The van der Waals surface area contributed by atoms with E-state index in [0.29, 0.717) is 12.2 Å². The SMILES string of the molecule is C=CCNc1[c]ccc(OS(=O)(=O)c2ccccc2)c1. The van der Waals surface area contributed by atoms with Gasteiger partial charge in [-0.2, -0.15) is 8.42 Å². The van der Waals surface area contributed by atoms with Gasteiger partial charge in [-0.05, 0) is 24.3 Å². The smallest absolute Gasteiger partial charge is 0.339 e. The van der Waals surface area contributed by atoms with Gasteiger partial charge in [0, 0.05) is 24.4 Å². The third-order valence-electron chi connectivity index (χ3n) is 2.45. The number of hydrogen-bond donors (Lipinski definition) is 1. The first-order valence-corrected chi connectivity index (χ1v) is 7.39. The molecule has 0 saturated heterocycles. The van der Waals surface area contributed by atoms with E-state index in [1.54, 1.807) is 42.5 Å². The average molecular weight is 288 g/mol. The molecule has 0 spiro atoms. The lowest BCUT2D eigenvalue weighted by atomic mass is 10.3. The van der Waals surface area contributed by atoms with E-state index in [0.717, 1.165) is 0 Å². The van der Waals surface area contributed by atoms with E-state index in [9.17, 15) is 8.42 Å². The van der Waals surface area contributed by atoms with Gasteiger partial charge in [0.15, 0.2) is 0 Å². The second-order valence-electron chi connectivity index (χ2n) is 3.96. The van der Waals surface area contributed by atoms with Gasteiger partial charge in [-0.3, -0.25) is 0 Å². The number of benzene rings is 2. The molecular weight excluding hydrogens is 274 g/mol. The van der Waals surface area contributed by atoms with Crippen molar-refractivity contribution in [2.45, 2.75) is 4.90 Å². The fourth-order valence-corrected chi connectivity index (χ4v) is 2.49. The molecule has 5 heteroatoms. The van der Waals surface area contributed by atoms with E-state index < -0.39 is 10.1 Å². The van der Waals surface area contributed by atoms with E-state index in [1.807, 2.05) is 0 Å². The van der Waals surface area contributed by atoms with Crippen LogP contribution in [0.25, 0.3) is 0 Å². The summed E-state index contributed by atoms with van der Waals surface area (Å²) in [7, 11) is -3.81. The lowest BCUT2D eigenvalue weighted by molar-refractivity contribution is 0.486. The van der Waals surface area contributed by atoms with Crippen LogP contribution in [0.3, 0.4) is 0 Å². The zero-order valence-electron chi connectivity index (χ0n) is 10.7. The summed E-state index contributed by atoms with van der Waals surface area (Å²) in [6.07, 6.45) is 1.70. The zero-order valence-corrected chi connectivity index (χ0v) is 11.6. The molecule has 0 amide bonds. The first-order chi connectivity index (χ1) is 9.62. The summed E-state index contributed by atoms with van der Waals surface area (Å²) >= 11 is 0. The van der Waals surface area contributed by atoms with E-state index in [2.05, 4.69) is 18.0 Å². The molecular formula is C15H14NO3S. The van der Waals surface area contributed by atoms with Crippen LogP contribution >= 0.6 is 0 Å². The molecule has 0 fully saturated rings. The average Bonchev–Trinajstić information content (AvgIpc) is 2.46. The molecule has 2 aromatic rings. The normalized spacial score (nSPS) is 10.8. The van der Waals surface area contributed by atoms with Crippen LogP contribution in [0, 0.1) is 6.07 Å². The van der Waals surface area contributed by atoms with Gasteiger partial charge in [0.25, 0.3) is 0 Å². The summed E-state index contributed by atoms with van der Waals surface area (Å²) in [5.41, 5.74) is 0.644. The van der Waals surface area contributed by atoms with Crippen molar-refractivity contribution in [1.29, 1.82) is 0 Å². The van der Waals surface area contributed by atoms with Gasteiger partial charge in [0.05, 0.1) is 0 Å². The molecule has 0 aliphatic carbocycles. The highest BCUT2D eigenvalue weighted by Crippen LogP contribution is 2.21. The Morgan fingerprint density at radius 1 is 1.25 bits per heavy atom. The third kappa shape index (κ3) is 3.61. The van der Waals surface area contributed by atoms with Crippen molar-refractivity contribution in [2.24, 2.45) is 0 Å². The molecule has 20 heavy (non-hydrogen) atoms. The minimum Gasteiger partial charge on any atom is -0.381 e. The molecule has 0 atom stereocenters. The van der Waals surface area contributed by atoms with Gasteiger partial charge in [0.1, 0.15) is 10.6 Å². The first-order valence-electron chi connectivity index (χ1n) is 5.98. The second kappa shape index (κ2) is 6.25. The Labute approximate surface area is 118 Å². The number of hydrogen-bond acceptors (Lipinski definition) is 4. The highest BCUT2D eigenvalue weighted by Gasteiger charge is 2.15. The van der Waals surface area contributed by atoms with Crippen molar-refractivity contribution >= 4 is 15.8 Å².